The Hall–Kier alpha value is -3.33. The van der Waals surface area contributed by atoms with Gasteiger partial charge < -0.3 is 79.0 Å². The van der Waals surface area contributed by atoms with E-state index in [-0.39, 0.29) is 119 Å². The van der Waals surface area contributed by atoms with Gasteiger partial charge in [-0.1, -0.05) is 101 Å². The quantitative estimate of drug-likeness (QED) is 0.00853. The number of alkyl halides is 1. The molecule has 1 amide bonds. The minimum Gasteiger partial charge on any atom is -1.00 e. The number of hydroxylamine groups is 2. The van der Waals surface area contributed by atoms with Crippen LogP contribution in [-0.4, -0.2) is 177 Å². The molecule has 1 saturated carbocycles. The zero-order chi connectivity index (χ0) is 66.7. The van der Waals surface area contributed by atoms with Gasteiger partial charge in [0, 0.05) is 76.7 Å². The second-order valence-corrected chi connectivity index (χ2v) is 19.3. The fraction of sp³-hybridized carbons (Fsp3) is 0.688. The van der Waals surface area contributed by atoms with Crippen LogP contribution < -0.4 is 28.4 Å². The Morgan fingerprint density at radius 1 is 0.724 bits per heavy atom. The molecule has 8 N–H and O–H groups in total. The topological polar surface area (TPSA) is 294 Å². The Morgan fingerprint density at radius 3 is 1.33 bits per heavy atom. The Morgan fingerprint density at radius 2 is 1.11 bits per heavy atom. The third-order valence-electron chi connectivity index (χ3n) is 12.4. The van der Waals surface area contributed by atoms with Crippen LogP contribution in [0.4, 0.5) is 0 Å². The van der Waals surface area contributed by atoms with Gasteiger partial charge in [0.05, 0.1) is 33.2 Å². The summed E-state index contributed by atoms with van der Waals surface area (Å²) in [5, 5.41) is 37.2. The molecule has 2 aliphatic heterocycles. The van der Waals surface area contributed by atoms with Gasteiger partial charge in [-0.05, 0) is 128 Å². The molecule has 0 aromatic rings. The van der Waals surface area contributed by atoms with Gasteiger partial charge in [-0.15, -0.1) is 32.9 Å². The number of hydrogen-bond acceptors (Lipinski definition) is 16. The van der Waals surface area contributed by atoms with Crippen molar-refractivity contribution < 1.29 is 94.5 Å². The van der Waals surface area contributed by atoms with Crippen molar-refractivity contribution in [2.75, 3.05) is 80.4 Å². The summed E-state index contributed by atoms with van der Waals surface area (Å²) >= 11 is 3.13. The molecule has 0 aromatic heterocycles. The van der Waals surface area contributed by atoms with Crippen LogP contribution in [0, 0.1) is 42.1 Å². The third kappa shape index (κ3) is 70.0. The van der Waals surface area contributed by atoms with Crippen LogP contribution >= 0.6 is 15.9 Å². The van der Waals surface area contributed by atoms with Crippen LogP contribution in [0.2, 0.25) is 6.32 Å². The van der Waals surface area contributed by atoms with Gasteiger partial charge in [-0.2, -0.15) is 0 Å². The van der Waals surface area contributed by atoms with Gasteiger partial charge in [0.1, 0.15) is 5.54 Å². The fourth-order valence-corrected chi connectivity index (χ4v) is 7.12. The molecule has 7 atom stereocenters. The van der Waals surface area contributed by atoms with E-state index in [1.54, 1.807) is 44.5 Å². The molecule has 87 heavy (non-hydrogen) atoms. The minimum absolute atomic E-state index is 0. The van der Waals surface area contributed by atoms with E-state index in [1.807, 2.05) is 41.5 Å². The predicted molar refractivity (Wildman–Crippen MR) is 359 cm³/mol. The molecule has 3 fully saturated rings. The van der Waals surface area contributed by atoms with Crippen LogP contribution in [-0.2, 0) is 57.3 Å². The molecular formula is C64H122BBr2MgN3O16. The first-order chi connectivity index (χ1) is 39.9. The molecule has 0 bridgehead atoms. The van der Waals surface area contributed by atoms with Crippen LogP contribution in [0.15, 0.2) is 82.5 Å². The molecule has 19 nitrogen and oxygen atoms in total. The Balaban J connectivity index is -0.0000000835. The number of carbonyl (C=O) groups excluding carboxylic acids is 4. The second kappa shape index (κ2) is 82.7. The molecule has 3 aliphatic rings. The summed E-state index contributed by atoms with van der Waals surface area (Å²) in [5.41, 5.74) is 10.1. The van der Waals surface area contributed by atoms with E-state index in [2.05, 4.69) is 82.8 Å². The summed E-state index contributed by atoms with van der Waals surface area (Å²) in [6, 6.07) is 0. The number of carboxylic acids is 2. The number of allylic oxidation sites excluding steroid dienone is 6. The van der Waals surface area contributed by atoms with Crippen molar-refractivity contribution in [3.8, 4) is 0 Å². The first-order valence-electron chi connectivity index (χ1n) is 29.0. The number of aliphatic carboxylic acids is 2. The number of esters is 2. The standard InChI is InChI=1S/C9H19BN2O4.C9H17NO2.C9H14O.C8H14O2.C7H12O2.C5H10O2.2C4H8O.C3H5Br.C3H8O.C2H3.CH4.BrH.Mg/c11-5-7-3-6(1-2-10(15)16)4-9(7,12)8(13)14;1-5-7-8(6-2)9(11)10(3)12-4;1-4-7-8(5-2)9(10)6-3;1-4-6-7(5-2)8(9)10-3;1-3-5-6(4-2)7(8)9;1-3-4-5(6)7-2;2*1-2-4-5-3-1;1-2-3-4;1-3-4-2;1-2;;;/h6-7,15-16H,1-5,11-12H2,(H,13,14);5,8H,1,6-7H2,2-4H3;4,6,8H,1,3,5,7H2,2H3;4,7H,1,5-6H2,2-3H3;3,6H,1,4-5H2,2H3,(H,8,9);3-4H2,1-2H3;2*1-4H2;2H,1,3H2;3H2,1-2H3;1H,2H2;1H4;1H;/q;;;;;;;;;;-1;;;+2/p-1. The number of carbonyl (C=O) groups is 6. The predicted octanol–water partition coefficient (Wildman–Crippen LogP) is 8.64. The summed E-state index contributed by atoms with van der Waals surface area (Å²) in [7, 11) is 6.26. The first-order valence-corrected chi connectivity index (χ1v) is 30.2. The number of ketones is 1. The molecule has 0 spiro atoms. The Labute approximate surface area is 564 Å². The molecule has 3 rings (SSSR count). The number of nitrogens with zero attached hydrogens (tertiary/aromatic N) is 1. The molecule has 508 valence electrons. The van der Waals surface area contributed by atoms with Crippen molar-refractivity contribution in [3.63, 3.8) is 0 Å². The molecule has 23 heteroatoms. The van der Waals surface area contributed by atoms with Crippen molar-refractivity contribution in [2.45, 2.75) is 170 Å². The van der Waals surface area contributed by atoms with E-state index >= 15 is 0 Å². The number of rotatable bonds is 27. The van der Waals surface area contributed by atoms with Crippen molar-refractivity contribution >= 4 is 81.7 Å². The zero-order valence-corrected chi connectivity index (χ0v) is 59.5. The monoisotopic (exact) mass is 1380 g/mol. The molecule has 7 unspecified atom stereocenters. The molecule has 2 heterocycles. The van der Waals surface area contributed by atoms with Crippen LogP contribution in [0.5, 0.6) is 0 Å². The number of halogens is 2. The summed E-state index contributed by atoms with van der Waals surface area (Å²) < 4.78 is 23.4. The summed E-state index contributed by atoms with van der Waals surface area (Å²) in [6.45, 7) is 44.8. The van der Waals surface area contributed by atoms with Crippen molar-refractivity contribution in [1.29, 1.82) is 0 Å². The van der Waals surface area contributed by atoms with Gasteiger partial charge >= 0.3 is 54.0 Å². The van der Waals surface area contributed by atoms with E-state index in [4.69, 9.17) is 46.0 Å². The van der Waals surface area contributed by atoms with E-state index < -0.39 is 24.6 Å². The molecule has 2 saturated heterocycles. The van der Waals surface area contributed by atoms with E-state index in [9.17, 15) is 28.8 Å². The number of amides is 1. The molecular weight excluding hydrogens is 1260 g/mol. The van der Waals surface area contributed by atoms with E-state index in [0.717, 1.165) is 70.5 Å². The summed E-state index contributed by atoms with van der Waals surface area (Å²) in [4.78, 5) is 69.6. The Bertz CT molecular complexity index is 1620. The molecule has 1 aliphatic carbocycles. The zero-order valence-electron chi connectivity index (χ0n) is 55.0. The van der Waals surface area contributed by atoms with Crippen LogP contribution in [0.25, 0.3) is 0 Å². The maximum absolute atomic E-state index is 11.4. The SMILES string of the molecule is C.C1CCOC1.C1CCOC1.C=CCBr.C=CCC(CC)C(=O)C=C.C=CCC(CC)C(=O)N(C)OC.C=CCC(CC)C(=O)O.C=CCC(CC)C(=O)OC.CCCC(=O)OC.CCOC.NCC1CC(CCB(O)O)CC1(N)C(=O)O.[Br-].[CH-]=C.[Mg+2]. The van der Waals surface area contributed by atoms with Crippen molar-refractivity contribution in [1.82, 2.24) is 5.06 Å². The van der Waals surface area contributed by atoms with Crippen LogP contribution in [0.3, 0.4) is 0 Å². The number of hydrogen-bond donors (Lipinski definition) is 6. The second-order valence-electron chi connectivity index (χ2n) is 18.6. The average molecular weight is 1380 g/mol. The maximum atomic E-state index is 11.4. The van der Waals surface area contributed by atoms with Crippen molar-refractivity contribution in [2.24, 2.45) is 47.0 Å². The fourth-order valence-electron chi connectivity index (χ4n) is 7.12. The van der Waals surface area contributed by atoms with Gasteiger partial charge in [0.25, 0.3) is 0 Å². The smallest absolute Gasteiger partial charge is 1.00 e. The van der Waals surface area contributed by atoms with Gasteiger partial charge in [0.2, 0.25) is 5.91 Å². The number of methoxy groups -OCH3 is 3. The third-order valence-corrected chi connectivity index (χ3v) is 12.9. The minimum atomic E-state index is -1.34. The summed E-state index contributed by atoms with van der Waals surface area (Å²) in [5.74, 6) is -2.10. The molecule has 0 aromatic carbocycles. The maximum Gasteiger partial charge on any atom is 2.00 e. The number of carboxylic acid groups (broad SMARTS) is 2. The van der Waals surface area contributed by atoms with Gasteiger partial charge in [-0.25, -0.2) is 5.06 Å². The Kier molecular flexibility index (Phi) is 103. The van der Waals surface area contributed by atoms with Gasteiger partial charge in [0.15, 0.2) is 5.78 Å². The summed E-state index contributed by atoms with van der Waals surface area (Å²) in [6.07, 6.45) is 24.4. The molecule has 0 radical (unpaired) electrons. The van der Waals surface area contributed by atoms with Gasteiger partial charge in [-0.3, -0.25) is 40.2 Å². The van der Waals surface area contributed by atoms with Crippen molar-refractivity contribution in [3.05, 3.63) is 89.1 Å². The van der Waals surface area contributed by atoms with Crippen LogP contribution in [0.1, 0.15) is 158 Å². The number of nitrogens with two attached hydrogens (primary N) is 2. The average Bonchev–Trinajstić information content (AvgIpc) is 2.27. The van der Waals surface area contributed by atoms with E-state index in [1.165, 1.54) is 58.2 Å². The number of ether oxygens (including phenoxy) is 5. The normalized spacial score (nSPS) is 16.1. The first kappa shape index (κ1) is 108. The largest absolute Gasteiger partial charge is 2.00 e. The van der Waals surface area contributed by atoms with E-state index in [0.29, 0.717) is 51.4 Å².